The van der Waals surface area contributed by atoms with Crippen molar-refractivity contribution >= 4 is 18.0 Å². The molecule has 0 radical (unpaired) electrons. The van der Waals surface area contributed by atoms with Crippen LogP contribution in [0.2, 0.25) is 0 Å². The monoisotopic (exact) mass is 324 g/mol. The fraction of sp³-hybridized carbons (Fsp3) is 0.923. The summed E-state index contributed by atoms with van der Waals surface area (Å²) in [4.78, 5) is 11.4. The molecule has 0 aromatic carbocycles. The Morgan fingerprint density at radius 2 is 1.90 bits per heavy atom. The third kappa shape index (κ3) is 2.78. The Balaban J connectivity index is 1.62. The van der Waals surface area contributed by atoms with Crippen molar-refractivity contribution in [2.45, 2.75) is 43.5 Å². The van der Waals surface area contributed by atoms with Crippen molar-refractivity contribution in [1.82, 2.24) is 0 Å². The molecule has 4 aliphatic carbocycles. The van der Waals surface area contributed by atoms with Crippen molar-refractivity contribution in [1.29, 1.82) is 0 Å². The van der Waals surface area contributed by atoms with E-state index in [0.29, 0.717) is 5.92 Å². The highest BCUT2D eigenvalue weighted by Gasteiger charge is 2.56. The van der Waals surface area contributed by atoms with Crippen LogP contribution in [0.25, 0.3) is 0 Å². The highest BCUT2D eigenvalue weighted by Crippen LogP contribution is 2.60. The van der Waals surface area contributed by atoms with Crippen LogP contribution in [0.1, 0.15) is 32.1 Å². The Bertz CT molecular complexity index is 417. The number of rotatable bonds is 5. The number of alkyl halides is 2. The van der Waals surface area contributed by atoms with Crippen LogP contribution in [0, 0.1) is 23.2 Å². The van der Waals surface area contributed by atoms with E-state index < -0.39 is 23.3 Å². The highest BCUT2D eigenvalue weighted by molar-refractivity contribution is 7.96. The predicted octanol–water partition coefficient (Wildman–Crippen LogP) is 2.45. The lowest BCUT2D eigenvalue weighted by Crippen LogP contribution is -2.55. The summed E-state index contributed by atoms with van der Waals surface area (Å²) in [6, 6.07) is 0. The molecule has 2 atom stereocenters. The molecule has 120 valence electrons. The fourth-order valence-electron chi connectivity index (χ4n) is 4.73. The second-order valence-electron chi connectivity index (χ2n) is 6.71. The first-order chi connectivity index (χ1) is 9.85. The van der Waals surface area contributed by atoms with Crippen molar-refractivity contribution in [2.75, 3.05) is 6.61 Å². The second kappa shape index (κ2) is 5.33. The molecular formula is C13H18F2O5S. The lowest BCUT2D eigenvalue weighted by Gasteiger charge is -2.58. The molecule has 0 saturated heterocycles. The molecule has 0 amide bonds. The SMILES string of the molecule is O=C(OCC12CC3CC(C1)C(O)C(C3)C2)C(F)(F)SOO. The molecule has 8 heteroatoms. The van der Waals surface area contributed by atoms with E-state index >= 15 is 0 Å². The zero-order valence-electron chi connectivity index (χ0n) is 11.3. The molecule has 0 spiro atoms. The van der Waals surface area contributed by atoms with Crippen LogP contribution in [0.5, 0.6) is 0 Å². The van der Waals surface area contributed by atoms with Crippen LogP contribution in [-0.2, 0) is 13.9 Å². The number of hydrogen-bond donors (Lipinski definition) is 2. The topological polar surface area (TPSA) is 76.0 Å². The maximum absolute atomic E-state index is 13.2. The van der Waals surface area contributed by atoms with E-state index in [1.54, 1.807) is 0 Å². The molecule has 4 rings (SSSR count). The third-order valence-electron chi connectivity index (χ3n) is 5.24. The third-order valence-corrected chi connectivity index (χ3v) is 5.69. The van der Waals surface area contributed by atoms with Gasteiger partial charge in [0.1, 0.15) is 12.0 Å². The van der Waals surface area contributed by atoms with Gasteiger partial charge in [0.25, 0.3) is 0 Å². The average molecular weight is 324 g/mol. The number of aliphatic hydroxyl groups excluding tert-OH is 1. The van der Waals surface area contributed by atoms with Crippen molar-refractivity contribution < 1.29 is 33.0 Å². The summed E-state index contributed by atoms with van der Waals surface area (Å²) in [6.07, 6.45) is 3.99. The number of aliphatic hydroxyl groups is 1. The Labute approximate surface area is 125 Å². The van der Waals surface area contributed by atoms with E-state index in [9.17, 15) is 18.7 Å². The van der Waals surface area contributed by atoms with Gasteiger partial charge < -0.3 is 9.84 Å². The summed E-state index contributed by atoms with van der Waals surface area (Å²) in [7, 11) is 0. The maximum atomic E-state index is 13.2. The Hall–Kier alpha value is -0.440. The number of hydrogen-bond acceptors (Lipinski definition) is 6. The molecule has 0 heterocycles. The van der Waals surface area contributed by atoms with Gasteiger partial charge in [-0.05, 0) is 49.9 Å². The summed E-state index contributed by atoms with van der Waals surface area (Å²) >= 11 is -0.633. The zero-order chi connectivity index (χ0) is 15.3. The van der Waals surface area contributed by atoms with Crippen molar-refractivity contribution in [3.63, 3.8) is 0 Å². The molecular weight excluding hydrogens is 306 g/mol. The lowest BCUT2D eigenvalue weighted by atomic mass is 9.49. The van der Waals surface area contributed by atoms with Crippen LogP contribution in [0.4, 0.5) is 8.78 Å². The summed E-state index contributed by atoms with van der Waals surface area (Å²) in [5.74, 6) is -0.797. The van der Waals surface area contributed by atoms with E-state index in [0.717, 1.165) is 32.1 Å². The predicted molar refractivity (Wildman–Crippen MR) is 69.2 cm³/mol. The molecule has 5 nitrogen and oxygen atoms in total. The molecule has 4 saturated carbocycles. The number of carbonyl (C=O) groups excluding carboxylic acids is 1. The first-order valence-corrected chi connectivity index (χ1v) is 7.82. The molecule has 0 aromatic rings. The van der Waals surface area contributed by atoms with Crippen molar-refractivity contribution in [2.24, 2.45) is 23.2 Å². The summed E-state index contributed by atoms with van der Waals surface area (Å²) in [6.45, 7) is -0.0520. The smallest absolute Gasteiger partial charge is 0.415 e. The molecule has 4 bridgehead atoms. The van der Waals surface area contributed by atoms with Gasteiger partial charge in [0, 0.05) is 5.41 Å². The van der Waals surface area contributed by atoms with Crippen LogP contribution < -0.4 is 0 Å². The fourth-order valence-corrected chi connectivity index (χ4v) is 4.95. The molecule has 2 unspecified atom stereocenters. The number of halogens is 2. The number of ether oxygens (including phenoxy) is 1. The lowest BCUT2D eigenvalue weighted by molar-refractivity contribution is -0.183. The largest absolute Gasteiger partial charge is 0.460 e. The van der Waals surface area contributed by atoms with Gasteiger partial charge >= 0.3 is 11.2 Å². The Kier molecular flexibility index (Phi) is 3.92. The van der Waals surface area contributed by atoms with Gasteiger partial charge in [0.05, 0.1) is 12.7 Å². The molecule has 4 aliphatic rings. The number of esters is 1. The van der Waals surface area contributed by atoms with E-state index in [1.165, 1.54) is 0 Å². The Morgan fingerprint density at radius 1 is 1.29 bits per heavy atom. The first kappa shape index (κ1) is 15.5. The van der Waals surface area contributed by atoms with E-state index in [1.807, 2.05) is 0 Å². The molecule has 2 N–H and O–H groups in total. The summed E-state index contributed by atoms with van der Waals surface area (Å²) in [5, 5.41) is 14.2. The molecule has 21 heavy (non-hydrogen) atoms. The zero-order valence-corrected chi connectivity index (χ0v) is 12.2. The van der Waals surface area contributed by atoms with Crippen LogP contribution in [0.15, 0.2) is 0 Å². The first-order valence-electron chi connectivity index (χ1n) is 7.08. The quantitative estimate of drug-likeness (QED) is 0.350. The van der Waals surface area contributed by atoms with Crippen molar-refractivity contribution in [3.8, 4) is 0 Å². The maximum Gasteiger partial charge on any atom is 0.415 e. The van der Waals surface area contributed by atoms with Crippen LogP contribution in [0.3, 0.4) is 0 Å². The van der Waals surface area contributed by atoms with E-state index in [2.05, 4.69) is 4.33 Å². The minimum absolute atomic E-state index is 0.0520. The molecule has 0 aliphatic heterocycles. The van der Waals surface area contributed by atoms with Gasteiger partial charge in [-0.1, -0.05) is 0 Å². The standard InChI is InChI=1S/C13H18F2O5S/c14-13(15,21-20-18)11(17)19-6-12-3-7-1-8(4-12)10(16)9(2-7)5-12/h7-10,16,18H,1-6H2. The molecule has 4 fully saturated rings. The minimum Gasteiger partial charge on any atom is -0.460 e. The molecule has 0 aromatic heterocycles. The number of carbonyl (C=O) groups is 1. The summed E-state index contributed by atoms with van der Waals surface area (Å²) in [5.41, 5.74) is -0.272. The van der Waals surface area contributed by atoms with Crippen LogP contribution >= 0.6 is 12.0 Å². The van der Waals surface area contributed by atoms with Gasteiger partial charge in [0.2, 0.25) is 0 Å². The normalized spacial score (nSPS) is 41.3. The van der Waals surface area contributed by atoms with Crippen LogP contribution in [-0.4, -0.2) is 34.3 Å². The average Bonchev–Trinajstić information content (AvgIpc) is 2.41. The second-order valence-corrected chi connectivity index (χ2v) is 7.54. The van der Waals surface area contributed by atoms with E-state index in [4.69, 9.17) is 9.99 Å². The van der Waals surface area contributed by atoms with Gasteiger partial charge in [0.15, 0.2) is 0 Å². The van der Waals surface area contributed by atoms with E-state index in [-0.39, 0.29) is 30.0 Å². The van der Waals surface area contributed by atoms with Gasteiger partial charge in [-0.3, -0.25) is 0 Å². The Morgan fingerprint density at radius 3 is 2.48 bits per heavy atom. The van der Waals surface area contributed by atoms with Crippen molar-refractivity contribution in [3.05, 3.63) is 0 Å². The minimum atomic E-state index is -3.92. The van der Waals surface area contributed by atoms with Gasteiger partial charge in [-0.25, -0.2) is 10.1 Å². The van der Waals surface area contributed by atoms with Gasteiger partial charge in [-0.15, -0.1) is 0 Å². The summed E-state index contributed by atoms with van der Waals surface area (Å²) < 4.78 is 34.5. The highest BCUT2D eigenvalue weighted by atomic mass is 32.2. The van der Waals surface area contributed by atoms with Gasteiger partial charge in [-0.2, -0.15) is 13.1 Å².